The molecule has 1 fully saturated rings. The number of halogens is 3. The van der Waals surface area contributed by atoms with Crippen LogP contribution in [0.15, 0.2) is 305 Å². The first-order valence-electron chi connectivity index (χ1n) is 46.6. The minimum absolute atomic E-state index is 0.0149. The number of nitrogens with one attached hydrogen (secondary N) is 3. The van der Waals surface area contributed by atoms with E-state index in [-0.39, 0.29) is 129 Å². The molecule has 0 radical (unpaired) electrons. The standard InChI is InChI=1S/C39H43FN2O5.C37H41FN2O4.C36H37FN2O4.C2H6/c1-5-23-46-33(26-34(44)47-24-6-2)25-32(43)21-22-42-37(27(3)4)36(39(45)41-31-15-11-8-12-16-31)35(28-13-9-7-10-14-28)38(42)29-17-19-30(40)20-18-29;1-5-22-44-32(23-26(4)41)24-31(42)20-21-40-35(25(2)3)34(37(43)39-30-14-10-7-11-15-30)33(27-12-8-6-9-13-27)36(40)28-16-18-29(38)19-17-28;1-4-21-42-30-22-29(43-31(40)23-30)19-20-39-34(24(2)3)33(36(41)38-28-13-9-6-10-14-28)32(25-11-7-5-8-12-25)35(39)26-15-17-27(37)18-16-26;1-2/h5-20,27,32-33,43H,1-2,21-26H2,3-4H3,(H,41,45);5-19,25,31-32,42H,1,20-24H2,2-4H3,(H,39,43);4-18,24,29-30H,1,19-23H2,2-3H3,(H,38,41);1-2H3/t32-,33-;31-,32+;29-,30-;/m111./s1. The highest BCUT2D eigenvalue weighted by Crippen LogP contribution is 2.47. The number of aliphatic hydroxyl groups is 2. The summed E-state index contributed by atoms with van der Waals surface area (Å²) >= 11 is 0. The lowest BCUT2D eigenvalue weighted by atomic mass is 9.94. The second-order valence-corrected chi connectivity index (χ2v) is 34.0. The number of esters is 2. The molecule has 1 saturated heterocycles. The molecule has 0 spiro atoms. The molecule has 136 heavy (non-hydrogen) atoms. The summed E-state index contributed by atoms with van der Waals surface area (Å²) in [7, 11) is 0. The van der Waals surface area contributed by atoms with E-state index in [0.717, 1.165) is 84.2 Å². The third kappa shape index (κ3) is 29.0. The van der Waals surface area contributed by atoms with Gasteiger partial charge in [0.25, 0.3) is 17.7 Å². The van der Waals surface area contributed by atoms with E-state index in [0.29, 0.717) is 85.7 Å². The van der Waals surface area contributed by atoms with Crippen LogP contribution in [0.3, 0.4) is 0 Å². The molecule has 0 saturated carbocycles. The number of hydrogen-bond acceptors (Lipinski definition) is 13. The van der Waals surface area contributed by atoms with Gasteiger partial charge in [0.1, 0.15) is 35.9 Å². The molecule has 19 nitrogen and oxygen atoms in total. The molecule has 22 heteroatoms. The number of para-hydroxylation sites is 3. The SMILES string of the molecule is C=CCOC(=O)C[C@@H](C[C@H](O)CCn1c(-c2ccc(F)cc2)c(-c2ccccc2)c(C(=O)Nc2ccccc2)c1C(C)C)OCC=C.C=CCO[C@@H](CC(C)=O)C[C@H](O)CCn1c(-c2ccc(F)cc2)c(-c2ccccc2)c(C(=O)Nc2ccccc2)c1C(C)C.C=CCO[C@H]1CC(=O)O[C@H](CCn2c(-c3ccc(F)cc3)c(-c3ccccc3)c(C(=O)Nc3ccccc3)c2C(C)C)C1.CC. The van der Waals surface area contributed by atoms with Crippen LogP contribution in [0.5, 0.6) is 0 Å². The molecular weight excluding hydrogens is 1720 g/mol. The zero-order chi connectivity index (χ0) is 97.7. The molecule has 5 N–H and O–H groups in total. The van der Waals surface area contributed by atoms with Gasteiger partial charge in [0.05, 0.1) is 97.0 Å². The number of nitrogens with zero attached hydrogens (tertiary/aromatic N) is 3. The topological polar surface area (TPSA) is 240 Å². The number of aliphatic hydroxyl groups excluding tert-OH is 2. The Hall–Kier alpha value is -13.6. The van der Waals surface area contributed by atoms with Crippen molar-refractivity contribution < 1.29 is 75.8 Å². The lowest BCUT2D eigenvalue weighted by molar-refractivity contribution is -0.163. The van der Waals surface area contributed by atoms with Crippen LogP contribution in [0.1, 0.15) is 186 Å². The summed E-state index contributed by atoms with van der Waals surface area (Å²) in [6, 6.07) is 76.0. The van der Waals surface area contributed by atoms with Crippen LogP contribution in [-0.4, -0.2) is 122 Å². The molecule has 1 aliphatic heterocycles. The van der Waals surface area contributed by atoms with Crippen LogP contribution in [-0.2, 0) is 57.7 Å². The third-order valence-electron chi connectivity index (χ3n) is 22.8. The molecule has 6 atom stereocenters. The van der Waals surface area contributed by atoms with E-state index >= 15 is 0 Å². The first-order chi connectivity index (χ1) is 65.8. The molecule has 0 unspecified atom stereocenters. The quantitative estimate of drug-likeness (QED) is 0.0177. The van der Waals surface area contributed by atoms with Gasteiger partial charge >= 0.3 is 11.9 Å². The van der Waals surface area contributed by atoms with Crippen molar-refractivity contribution in [2.45, 2.75) is 194 Å². The van der Waals surface area contributed by atoms with Crippen LogP contribution in [0.4, 0.5) is 30.2 Å². The maximum absolute atomic E-state index is 14.2. The van der Waals surface area contributed by atoms with Gasteiger partial charge in [-0.25, -0.2) is 13.2 Å². The number of cyclic esters (lactones) is 1. The molecule has 1 aliphatic rings. The van der Waals surface area contributed by atoms with E-state index in [1.54, 1.807) is 54.6 Å². The van der Waals surface area contributed by atoms with Crippen molar-refractivity contribution in [1.29, 1.82) is 0 Å². The highest BCUT2D eigenvalue weighted by atomic mass is 19.1. The Bertz CT molecular complexity index is 5890. The number of carbonyl (C=O) groups excluding carboxylic acids is 6. The summed E-state index contributed by atoms with van der Waals surface area (Å²) in [6.45, 7) is 34.6. The molecule has 9 aromatic carbocycles. The zero-order valence-corrected chi connectivity index (χ0v) is 79.3. The average molecular weight is 1850 g/mol. The van der Waals surface area contributed by atoms with Crippen LogP contribution in [0.2, 0.25) is 0 Å². The predicted molar refractivity (Wildman–Crippen MR) is 538 cm³/mol. The summed E-state index contributed by atoms with van der Waals surface area (Å²) in [6.07, 6.45) is 5.78. The normalized spacial score (nSPS) is 13.6. The van der Waals surface area contributed by atoms with E-state index in [1.807, 2.05) is 224 Å². The minimum atomic E-state index is -0.845. The van der Waals surface area contributed by atoms with E-state index < -0.39 is 30.4 Å². The number of carbonyl (C=O) groups is 6. The van der Waals surface area contributed by atoms with Crippen LogP contribution in [0, 0.1) is 17.5 Å². The van der Waals surface area contributed by atoms with Gasteiger partial charge in [0, 0.05) is 103 Å². The highest BCUT2D eigenvalue weighted by Gasteiger charge is 2.37. The number of ketones is 1. The summed E-state index contributed by atoms with van der Waals surface area (Å²) in [4.78, 5) is 79.2. The first-order valence-corrected chi connectivity index (χ1v) is 46.6. The Morgan fingerprint density at radius 1 is 0.426 bits per heavy atom. The molecule has 3 amide bonds. The van der Waals surface area contributed by atoms with Gasteiger partial charge < -0.3 is 63.5 Å². The molecule has 3 aromatic heterocycles. The zero-order valence-electron chi connectivity index (χ0n) is 79.3. The summed E-state index contributed by atoms with van der Waals surface area (Å²) < 4.78 is 77.0. The van der Waals surface area contributed by atoms with Crippen molar-refractivity contribution in [3.8, 4) is 67.2 Å². The number of hydrogen-bond donors (Lipinski definition) is 5. The van der Waals surface area contributed by atoms with Crippen LogP contribution >= 0.6 is 0 Å². The van der Waals surface area contributed by atoms with Gasteiger partial charge in [-0.1, -0.05) is 232 Å². The second-order valence-electron chi connectivity index (χ2n) is 34.0. The number of Topliss-reactive ketones (excluding diaryl/α,β-unsaturated/α-hetero) is 1. The average Bonchev–Trinajstić information content (AvgIpc) is 1.60. The number of amides is 3. The van der Waals surface area contributed by atoms with Crippen molar-refractivity contribution in [2.75, 3.05) is 42.4 Å². The smallest absolute Gasteiger partial charge is 0.308 e. The maximum Gasteiger partial charge on any atom is 0.308 e. The van der Waals surface area contributed by atoms with E-state index in [9.17, 15) is 52.2 Å². The Labute approximate surface area is 797 Å². The van der Waals surface area contributed by atoms with Gasteiger partial charge in [-0.05, 0) is 180 Å². The molecular formula is C114H127F3N6O13. The molecule has 13 rings (SSSR count). The van der Waals surface area contributed by atoms with Gasteiger partial charge in [0.15, 0.2) is 0 Å². The second kappa shape index (κ2) is 52.9. The Morgan fingerprint density at radius 3 is 1.04 bits per heavy atom. The van der Waals surface area contributed by atoms with Crippen molar-refractivity contribution in [1.82, 2.24) is 13.7 Å². The lowest BCUT2D eigenvalue weighted by Crippen LogP contribution is -2.35. The van der Waals surface area contributed by atoms with Gasteiger partial charge in [-0.2, -0.15) is 0 Å². The van der Waals surface area contributed by atoms with E-state index in [1.165, 1.54) is 49.4 Å². The summed E-state index contributed by atoms with van der Waals surface area (Å²) in [5.74, 6) is -2.75. The van der Waals surface area contributed by atoms with Gasteiger partial charge in [-0.15, -0.1) is 19.7 Å². The Kier molecular flexibility index (Phi) is 40.6. The number of rotatable bonds is 43. The highest BCUT2D eigenvalue weighted by molar-refractivity contribution is 6.15. The van der Waals surface area contributed by atoms with Gasteiger partial charge in [-0.3, -0.25) is 28.8 Å². The monoisotopic (exact) mass is 1840 g/mol. The molecule has 4 heterocycles. The third-order valence-corrected chi connectivity index (χ3v) is 22.8. The Morgan fingerprint density at radius 2 is 0.735 bits per heavy atom. The summed E-state index contributed by atoms with van der Waals surface area (Å²) in [5, 5.41) is 31.7. The number of benzene rings is 9. The summed E-state index contributed by atoms with van der Waals surface area (Å²) in [5.41, 5.74) is 15.5. The molecule has 0 bridgehead atoms. The predicted octanol–water partition coefficient (Wildman–Crippen LogP) is 25.2. The largest absolute Gasteiger partial charge is 0.462 e. The Balaban J connectivity index is 0.000000209. The van der Waals surface area contributed by atoms with E-state index in [2.05, 4.69) is 69.8 Å². The lowest BCUT2D eigenvalue weighted by Gasteiger charge is -2.29. The number of anilines is 3. The van der Waals surface area contributed by atoms with Gasteiger partial charge in [0.2, 0.25) is 0 Å². The van der Waals surface area contributed by atoms with Crippen LogP contribution in [0.25, 0.3) is 67.2 Å². The van der Waals surface area contributed by atoms with Crippen molar-refractivity contribution >= 4 is 52.5 Å². The maximum atomic E-state index is 14.2. The van der Waals surface area contributed by atoms with Crippen LogP contribution < -0.4 is 16.0 Å². The first kappa shape index (κ1) is 104. The molecule has 0 aliphatic carbocycles. The van der Waals surface area contributed by atoms with Crippen molar-refractivity contribution in [3.05, 3.63) is 357 Å². The fourth-order valence-corrected chi connectivity index (χ4v) is 17.2. The van der Waals surface area contributed by atoms with E-state index in [4.69, 9.17) is 23.7 Å². The number of aromatic nitrogens is 3. The fraction of sp³-hybridized carbons (Fsp3) is 0.298. The fourth-order valence-electron chi connectivity index (χ4n) is 17.2. The minimum Gasteiger partial charge on any atom is -0.462 e. The molecule has 712 valence electrons. The number of ether oxygens (including phenoxy) is 5. The van der Waals surface area contributed by atoms with Crippen molar-refractivity contribution in [2.24, 2.45) is 0 Å². The molecule has 12 aromatic rings. The van der Waals surface area contributed by atoms with Crippen molar-refractivity contribution in [3.63, 3.8) is 0 Å².